The van der Waals surface area contributed by atoms with Crippen molar-refractivity contribution in [3.63, 3.8) is 0 Å². The Kier molecular flexibility index (Phi) is 5.31. The zero-order valence-electron chi connectivity index (χ0n) is 13.9. The molecule has 1 rings (SSSR count). The first-order valence-electron chi connectivity index (χ1n) is 7.66. The average molecular weight is 295 g/mol. The molecule has 0 aliphatic rings. The molecule has 0 atom stereocenters. The molecule has 0 unspecified atom stereocenters. The van der Waals surface area contributed by atoms with Crippen LogP contribution in [0.5, 0.6) is 11.5 Å². The summed E-state index contributed by atoms with van der Waals surface area (Å²) in [5.41, 5.74) is 1.04. The van der Waals surface area contributed by atoms with E-state index in [9.17, 15) is 10.2 Å². The fourth-order valence-corrected chi connectivity index (χ4v) is 4.58. The van der Waals surface area contributed by atoms with Gasteiger partial charge in [0, 0.05) is 5.19 Å². The van der Waals surface area contributed by atoms with Crippen LogP contribution in [0.2, 0.25) is 18.1 Å². The van der Waals surface area contributed by atoms with E-state index < -0.39 is 8.07 Å². The van der Waals surface area contributed by atoms with Crippen LogP contribution >= 0.6 is 0 Å². The average Bonchev–Trinajstić information content (AvgIpc) is 2.26. The molecule has 0 bridgehead atoms. The smallest absolute Gasteiger partial charge is 0.118 e. The van der Waals surface area contributed by atoms with Crippen LogP contribution in [0.4, 0.5) is 0 Å². The molecule has 0 amide bonds. The van der Waals surface area contributed by atoms with E-state index in [4.69, 9.17) is 0 Å². The van der Waals surface area contributed by atoms with Crippen molar-refractivity contribution in [1.29, 1.82) is 0 Å². The number of aryl methyl sites for hydroxylation is 1. The lowest BCUT2D eigenvalue weighted by molar-refractivity contribution is 0.455. The van der Waals surface area contributed by atoms with Gasteiger partial charge in [-0.15, -0.1) is 0 Å². The van der Waals surface area contributed by atoms with Crippen LogP contribution in [0.3, 0.4) is 0 Å². The minimum atomic E-state index is -1.93. The van der Waals surface area contributed by atoms with Crippen LogP contribution < -0.4 is 5.19 Å². The van der Waals surface area contributed by atoms with Crippen molar-refractivity contribution in [3.8, 4) is 11.5 Å². The van der Waals surface area contributed by atoms with E-state index in [0.29, 0.717) is 0 Å². The van der Waals surface area contributed by atoms with E-state index in [-0.39, 0.29) is 16.5 Å². The van der Waals surface area contributed by atoms with Crippen molar-refractivity contribution in [3.05, 3.63) is 17.7 Å². The van der Waals surface area contributed by atoms with Crippen LogP contribution in [0.1, 0.15) is 52.5 Å². The highest BCUT2D eigenvalue weighted by atomic mass is 28.3. The molecule has 0 aliphatic carbocycles. The quantitative estimate of drug-likeness (QED) is 0.618. The molecule has 0 saturated heterocycles. The molecule has 20 heavy (non-hydrogen) atoms. The molecule has 0 spiro atoms. The molecule has 2 nitrogen and oxygen atoms in total. The summed E-state index contributed by atoms with van der Waals surface area (Å²) in [6, 6.07) is 3.70. The zero-order valence-corrected chi connectivity index (χ0v) is 14.9. The van der Waals surface area contributed by atoms with Gasteiger partial charge in [-0.25, -0.2) is 0 Å². The topological polar surface area (TPSA) is 40.5 Å². The Hall–Kier alpha value is -0.963. The third-order valence-electron chi connectivity index (χ3n) is 4.73. The van der Waals surface area contributed by atoms with Crippen molar-refractivity contribution in [2.24, 2.45) is 0 Å². The van der Waals surface area contributed by atoms with Crippen molar-refractivity contribution in [1.82, 2.24) is 0 Å². The third-order valence-corrected chi connectivity index (χ3v) is 10.2. The number of phenolic OH excluding ortho intramolecular Hbond substituents is 2. The van der Waals surface area contributed by atoms with Crippen LogP contribution in [0, 0.1) is 0 Å². The van der Waals surface area contributed by atoms with Gasteiger partial charge in [-0.1, -0.05) is 53.6 Å². The number of unbranched alkanes of at least 4 members (excludes halogenated alkanes) is 2. The summed E-state index contributed by atoms with van der Waals surface area (Å²) in [5, 5.41) is 21.7. The lowest BCUT2D eigenvalue weighted by Gasteiger charge is -2.38. The highest BCUT2D eigenvalue weighted by Crippen LogP contribution is 2.39. The number of aromatic hydroxyl groups is 2. The second-order valence-electron chi connectivity index (χ2n) is 7.34. The first kappa shape index (κ1) is 17.1. The lowest BCUT2D eigenvalue weighted by Crippen LogP contribution is -2.49. The van der Waals surface area contributed by atoms with Gasteiger partial charge in [0.25, 0.3) is 0 Å². The molecule has 1 aromatic rings. The predicted octanol–water partition coefficient (Wildman–Crippen LogP) is 4.55. The van der Waals surface area contributed by atoms with Gasteiger partial charge in [0.05, 0.1) is 8.07 Å². The normalized spacial score (nSPS) is 12.7. The van der Waals surface area contributed by atoms with Crippen LogP contribution in [0.15, 0.2) is 12.1 Å². The standard InChI is InChI=1S/C17H30O2Si/c1-7-8-9-10-13-11-14(18)16(15(19)12-13)20(5,6)17(2,3)4/h11-12,18-19H,7-10H2,1-6H3. The van der Waals surface area contributed by atoms with E-state index in [2.05, 4.69) is 40.8 Å². The first-order chi connectivity index (χ1) is 9.11. The molecule has 3 heteroatoms. The van der Waals surface area contributed by atoms with Gasteiger partial charge in [0.2, 0.25) is 0 Å². The monoisotopic (exact) mass is 294 g/mol. The number of benzene rings is 1. The SMILES string of the molecule is CCCCCc1cc(O)c([Si](C)(C)C(C)(C)C)c(O)c1. The maximum Gasteiger partial charge on any atom is 0.118 e. The molecule has 0 heterocycles. The fraction of sp³-hybridized carbons (Fsp3) is 0.647. The van der Waals surface area contributed by atoms with Crippen molar-refractivity contribution >= 4 is 13.3 Å². The van der Waals surface area contributed by atoms with Gasteiger partial charge in [-0.3, -0.25) is 0 Å². The Morgan fingerprint density at radius 2 is 1.50 bits per heavy atom. The molecule has 0 aliphatic heterocycles. The molecule has 0 radical (unpaired) electrons. The Morgan fingerprint density at radius 1 is 1.00 bits per heavy atom. The predicted molar refractivity (Wildman–Crippen MR) is 89.8 cm³/mol. The molecule has 114 valence electrons. The maximum atomic E-state index is 10.4. The van der Waals surface area contributed by atoms with E-state index in [1.165, 1.54) is 12.8 Å². The molecular formula is C17H30O2Si. The molecular weight excluding hydrogens is 264 g/mol. The van der Waals surface area contributed by atoms with E-state index >= 15 is 0 Å². The largest absolute Gasteiger partial charge is 0.508 e. The first-order valence-corrected chi connectivity index (χ1v) is 10.7. The number of hydrogen-bond acceptors (Lipinski definition) is 2. The molecule has 0 aromatic heterocycles. The van der Waals surface area contributed by atoms with Crippen LogP contribution in [-0.2, 0) is 6.42 Å². The van der Waals surface area contributed by atoms with E-state index in [1.807, 2.05) is 12.1 Å². The highest BCUT2D eigenvalue weighted by molar-refractivity contribution is 6.93. The van der Waals surface area contributed by atoms with Gasteiger partial charge < -0.3 is 10.2 Å². The van der Waals surface area contributed by atoms with Gasteiger partial charge in [-0.2, -0.15) is 0 Å². The summed E-state index contributed by atoms with van der Waals surface area (Å²) in [6.07, 6.45) is 4.40. The molecule has 0 fully saturated rings. The summed E-state index contributed by atoms with van der Waals surface area (Å²) in [7, 11) is -1.93. The molecule has 1 aromatic carbocycles. The van der Waals surface area contributed by atoms with Crippen molar-refractivity contribution < 1.29 is 10.2 Å². The third kappa shape index (κ3) is 3.57. The summed E-state index contributed by atoms with van der Waals surface area (Å²) >= 11 is 0. The zero-order chi connectivity index (χ0) is 15.6. The molecule has 2 N–H and O–H groups in total. The van der Waals surface area contributed by atoms with E-state index in [1.54, 1.807) is 0 Å². The summed E-state index contributed by atoms with van der Waals surface area (Å²) in [5.74, 6) is 0.561. The van der Waals surface area contributed by atoms with Crippen LogP contribution in [0.25, 0.3) is 0 Å². The number of rotatable bonds is 5. The van der Waals surface area contributed by atoms with Crippen molar-refractivity contribution in [2.45, 2.75) is 71.5 Å². The second kappa shape index (κ2) is 6.21. The molecule has 0 saturated carbocycles. The Bertz CT molecular complexity index is 436. The Labute approximate surface area is 124 Å². The van der Waals surface area contributed by atoms with Crippen LogP contribution in [-0.4, -0.2) is 18.3 Å². The summed E-state index contributed by atoms with van der Waals surface area (Å²) in [4.78, 5) is 0. The lowest BCUT2D eigenvalue weighted by atomic mass is 10.1. The summed E-state index contributed by atoms with van der Waals surface area (Å²) in [6.45, 7) is 13.2. The van der Waals surface area contributed by atoms with Crippen molar-refractivity contribution in [2.75, 3.05) is 0 Å². The minimum Gasteiger partial charge on any atom is -0.508 e. The van der Waals surface area contributed by atoms with Gasteiger partial charge >= 0.3 is 0 Å². The maximum absolute atomic E-state index is 10.4. The number of phenols is 2. The Balaban J connectivity index is 3.13. The van der Waals surface area contributed by atoms with Gasteiger partial charge in [-0.05, 0) is 35.6 Å². The number of hydrogen-bond donors (Lipinski definition) is 2. The fourth-order valence-electron chi connectivity index (χ4n) is 2.41. The second-order valence-corrected chi connectivity index (χ2v) is 12.6. The van der Waals surface area contributed by atoms with Gasteiger partial charge in [0.1, 0.15) is 11.5 Å². The van der Waals surface area contributed by atoms with Gasteiger partial charge in [0.15, 0.2) is 0 Å². The Morgan fingerprint density at radius 3 is 1.90 bits per heavy atom. The highest BCUT2D eigenvalue weighted by Gasteiger charge is 2.40. The summed E-state index contributed by atoms with van der Waals surface area (Å²) < 4.78 is 0. The van der Waals surface area contributed by atoms with E-state index in [0.717, 1.165) is 23.6 Å². The minimum absolute atomic E-state index is 0.0890.